The Morgan fingerprint density at radius 2 is 1.50 bits per heavy atom. The summed E-state index contributed by atoms with van der Waals surface area (Å²) < 4.78 is 24.6. The van der Waals surface area contributed by atoms with Crippen molar-refractivity contribution >= 4 is 34.6 Å². The van der Waals surface area contributed by atoms with Crippen LogP contribution in [0.3, 0.4) is 0 Å². The number of hydrogen-bond acceptors (Lipinski definition) is 8. The molecule has 10 heteroatoms. The van der Waals surface area contributed by atoms with Gasteiger partial charge in [-0.3, -0.25) is 0 Å². The van der Waals surface area contributed by atoms with E-state index in [0.717, 1.165) is 88.3 Å². The van der Waals surface area contributed by atoms with Crippen LogP contribution in [0.1, 0.15) is 58.7 Å². The Morgan fingerprint density at radius 1 is 0.827 bits per heavy atom. The van der Waals surface area contributed by atoms with Crippen LogP contribution in [0.5, 0.6) is 17.2 Å². The van der Waals surface area contributed by atoms with Gasteiger partial charge in [0.2, 0.25) is 0 Å². The first-order valence-electron chi connectivity index (χ1n) is 18.0. The third kappa shape index (κ3) is 10.2. The van der Waals surface area contributed by atoms with Crippen LogP contribution < -0.4 is 19.5 Å². The highest BCUT2D eigenvalue weighted by Crippen LogP contribution is 2.37. The molecule has 0 spiro atoms. The van der Waals surface area contributed by atoms with E-state index in [1.807, 2.05) is 47.3 Å². The second-order valence-electron chi connectivity index (χ2n) is 14.1. The Hall–Kier alpha value is -2.90. The van der Waals surface area contributed by atoms with Gasteiger partial charge < -0.3 is 37.7 Å². The van der Waals surface area contributed by atoms with Crippen LogP contribution >= 0.6 is 34.6 Å². The quantitative estimate of drug-likeness (QED) is 0.0680. The summed E-state index contributed by atoms with van der Waals surface area (Å²) in [5.41, 5.74) is 8.90. The summed E-state index contributed by atoms with van der Waals surface area (Å²) in [6.07, 6.45) is 2.39. The van der Waals surface area contributed by atoms with E-state index in [1.54, 1.807) is 6.92 Å². The number of nitrogens with zero attached hydrogens (tertiary/aromatic N) is 1. The molecule has 52 heavy (non-hydrogen) atoms. The van der Waals surface area contributed by atoms with Crippen molar-refractivity contribution in [2.45, 2.75) is 78.9 Å². The molecule has 0 aromatic heterocycles. The van der Waals surface area contributed by atoms with Gasteiger partial charge >= 0.3 is 0 Å². The molecule has 0 radical (unpaired) electrons. The van der Waals surface area contributed by atoms with Crippen molar-refractivity contribution in [1.82, 2.24) is 10.2 Å². The Morgan fingerprint density at radius 3 is 2.19 bits per heavy atom. The van der Waals surface area contributed by atoms with E-state index in [1.165, 1.54) is 0 Å². The number of ether oxygens (including phenoxy) is 3. The second-order valence-corrected chi connectivity index (χ2v) is 15.0. The number of aliphatic hydroxyl groups is 2. The van der Waals surface area contributed by atoms with Crippen LogP contribution in [0.25, 0.3) is 11.1 Å². The minimum Gasteiger partial charge on any atom is -0.493 e. The van der Waals surface area contributed by atoms with E-state index in [4.69, 9.17) is 28.9 Å². The Kier molecular flexibility index (Phi) is 14.7. The molecule has 1 atom stereocenters. The predicted molar refractivity (Wildman–Crippen MR) is 217 cm³/mol. The molecule has 1 aliphatic rings. The topological polar surface area (TPSA) is 92.7 Å². The number of benzene rings is 4. The van der Waals surface area contributed by atoms with Gasteiger partial charge in [0.05, 0.1) is 36.5 Å². The summed E-state index contributed by atoms with van der Waals surface area (Å²) in [4.78, 5) is 2.44. The first kappa shape index (κ1) is 40.3. The van der Waals surface area contributed by atoms with Crippen molar-refractivity contribution in [3.05, 3.63) is 111 Å². The number of nitrogens with one attached hydrogen (secondary N) is 1. The number of halogens is 2. The lowest BCUT2D eigenvalue weighted by Crippen LogP contribution is -2.48. The molecule has 8 nitrogen and oxygen atoms in total. The fourth-order valence-electron chi connectivity index (χ4n) is 6.55. The third-order valence-corrected chi connectivity index (χ3v) is 11.2. The van der Waals surface area contributed by atoms with Gasteiger partial charge in [0.1, 0.15) is 53.5 Å². The molecule has 1 heterocycles. The van der Waals surface area contributed by atoms with Gasteiger partial charge in [-0.05, 0) is 104 Å². The molecule has 3 N–H and O–H groups in total. The van der Waals surface area contributed by atoms with Crippen molar-refractivity contribution in [3.8, 4) is 28.4 Å². The summed E-state index contributed by atoms with van der Waals surface area (Å²) in [6.45, 7) is 14.5. The number of rotatable bonds is 18. The highest BCUT2D eigenvalue weighted by atomic mass is 127. The number of aliphatic hydroxyl groups excluding tert-OH is 2. The molecule has 0 amide bonds. The lowest BCUT2D eigenvalue weighted by molar-refractivity contribution is 0.103. The Bertz CT molecular complexity index is 1780. The Labute approximate surface area is 328 Å². The van der Waals surface area contributed by atoms with Crippen molar-refractivity contribution in [1.29, 1.82) is 0 Å². The summed E-state index contributed by atoms with van der Waals surface area (Å²) in [5.74, 6) is 2.03. The number of aryl methyl sites for hydroxylation is 2. The smallest absolute Gasteiger partial charge is 0.142 e. The minimum absolute atomic E-state index is 0.221. The first-order valence-corrected chi connectivity index (χ1v) is 19.2. The lowest BCUT2D eigenvalue weighted by Gasteiger charge is -2.27. The molecule has 0 unspecified atom stereocenters. The highest BCUT2D eigenvalue weighted by molar-refractivity contribution is 14.1. The van der Waals surface area contributed by atoms with Crippen molar-refractivity contribution in [2.75, 3.05) is 39.5 Å². The van der Waals surface area contributed by atoms with Crippen molar-refractivity contribution < 1.29 is 27.5 Å². The molecule has 280 valence electrons. The lowest BCUT2D eigenvalue weighted by atomic mass is 9.93. The Balaban J connectivity index is 1.30. The molecule has 4 aromatic carbocycles. The predicted octanol–water partition coefficient (Wildman–Crippen LogP) is 8.44. The molecule has 1 fully saturated rings. The molecular weight excluding hydrogens is 791 g/mol. The monoisotopic (exact) mass is 842 g/mol. The fraction of sp³-hybridized carbons (Fsp3) is 0.429. The molecule has 1 aliphatic heterocycles. The van der Waals surface area contributed by atoms with E-state index >= 15 is 0 Å². The van der Waals surface area contributed by atoms with Crippen LogP contribution in [0.4, 0.5) is 0 Å². The van der Waals surface area contributed by atoms with Crippen LogP contribution in [0, 0.1) is 27.7 Å². The van der Waals surface area contributed by atoms with E-state index in [-0.39, 0.29) is 13.2 Å². The molecule has 0 bridgehead atoms. The summed E-state index contributed by atoms with van der Waals surface area (Å²) in [6, 6.07) is 22.4. The molecule has 0 aliphatic carbocycles. The van der Waals surface area contributed by atoms with Crippen LogP contribution in [-0.4, -0.2) is 66.2 Å². The van der Waals surface area contributed by atoms with Crippen molar-refractivity contribution in [3.63, 3.8) is 0 Å². The second kappa shape index (κ2) is 18.9. The normalized spacial score (nSPS) is 14.9. The molecule has 5 rings (SSSR count). The molecule has 4 aromatic rings. The van der Waals surface area contributed by atoms with Crippen LogP contribution in [0.15, 0.2) is 66.7 Å². The van der Waals surface area contributed by atoms with Gasteiger partial charge in [0.25, 0.3) is 0 Å². The van der Waals surface area contributed by atoms with Crippen LogP contribution in [-0.2, 0) is 22.8 Å². The number of hydrogen-bond donors (Lipinski definition) is 3. The maximum Gasteiger partial charge on any atom is 0.142 e. The minimum atomic E-state index is -0.861. The highest BCUT2D eigenvalue weighted by Gasteiger charge is 2.24. The van der Waals surface area contributed by atoms with E-state index in [9.17, 15) is 10.2 Å². The van der Waals surface area contributed by atoms with Crippen molar-refractivity contribution in [2.24, 2.45) is 0 Å². The maximum atomic E-state index is 9.85. The molecular formula is C42H52ClIN2O6. The van der Waals surface area contributed by atoms with E-state index in [0.29, 0.717) is 49.0 Å². The number of likely N-dealkylation sites (tertiary alicyclic amines) is 1. The zero-order chi connectivity index (χ0) is 37.3. The van der Waals surface area contributed by atoms with Gasteiger partial charge in [-0.25, -0.2) is 0 Å². The maximum absolute atomic E-state index is 9.85. The average Bonchev–Trinajstić information content (AvgIpc) is 3.61. The van der Waals surface area contributed by atoms with Gasteiger partial charge in [-0.2, -0.15) is 0 Å². The fourth-order valence-corrected chi connectivity index (χ4v) is 7.20. The van der Waals surface area contributed by atoms with Gasteiger partial charge in [-0.15, -0.1) is 0 Å². The van der Waals surface area contributed by atoms with Gasteiger partial charge in [-0.1, -0.05) is 60.1 Å². The zero-order valence-corrected chi connectivity index (χ0v) is 33.9. The van der Waals surface area contributed by atoms with Gasteiger partial charge in [0, 0.05) is 37.8 Å². The largest absolute Gasteiger partial charge is 0.493 e. The SMILES string of the molecule is Cc1cccc(C)c1COc1cc(OCc2cccc(-c3cccc(OCCCN4CC[C@@H](OI)C4)c3C)c2C)c(Cl)cc1CNC(C)(CO)CO. The average molecular weight is 843 g/mol. The summed E-state index contributed by atoms with van der Waals surface area (Å²) >= 11 is 8.84. The molecule has 1 saturated heterocycles. The van der Waals surface area contributed by atoms with E-state index < -0.39 is 5.54 Å². The van der Waals surface area contributed by atoms with Gasteiger partial charge in [0.15, 0.2) is 0 Å². The van der Waals surface area contributed by atoms with Crippen LogP contribution in [0.2, 0.25) is 5.02 Å². The zero-order valence-electron chi connectivity index (χ0n) is 30.9. The summed E-state index contributed by atoms with van der Waals surface area (Å²) in [7, 11) is 0. The molecule has 0 saturated carbocycles. The summed E-state index contributed by atoms with van der Waals surface area (Å²) in [5, 5.41) is 23.4. The van der Waals surface area contributed by atoms with E-state index in [2.05, 4.69) is 80.4 Å². The third-order valence-electron chi connectivity index (χ3n) is 10.2. The first-order chi connectivity index (χ1) is 25.1. The standard InChI is InChI=1S/C42H52ClIN2O6/c1-28-10-6-11-29(2)37(28)25-51-40-21-41(38(43)20-33(40)22-45-42(5,26-47)27-48)50-24-32-12-7-13-35(30(32)3)36-14-8-15-39(31(36)4)49-19-9-17-46-18-16-34(23-46)52-44/h6-8,10-15,20-21,34,45,47-48H,9,16-19,22-27H2,1-5H3/t34-/m1/s1.